The monoisotopic (exact) mass is 142 g/mol. The highest BCUT2D eigenvalue weighted by atomic mass is 16.2. The zero-order valence-electron chi connectivity index (χ0n) is 6.89. The van der Waals surface area contributed by atoms with Crippen LogP contribution in [0, 0.1) is 6.92 Å². The molecular weight excluding hydrogens is 126 g/mol. The molecule has 0 fully saturated rings. The van der Waals surface area contributed by atoms with E-state index in [4.69, 9.17) is 0 Å². The Morgan fingerprint density at radius 3 is 2.20 bits per heavy atom. The van der Waals surface area contributed by atoms with Crippen LogP contribution in [0.25, 0.3) is 0 Å². The van der Waals surface area contributed by atoms with Crippen molar-refractivity contribution in [3.63, 3.8) is 0 Å². The van der Waals surface area contributed by atoms with Crippen molar-refractivity contribution in [2.24, 2.45) is 0 Å². The Labute approximate surface area is 63.2 Å². The highest BCUT2D eigenvalue weighted by Gasteiger charge is 2.06. The number of rotatable bonds is 4. The minimum absolute atomic E-state index is 0.222. The van der Waals surface area contributed by atoms with Gasteiger partial charge in [-0.25, -0.2) is 0 Å². The molecular formula is C8H16NO. The topological polar surface area (TPSA) is 20.3 Å². The first-order valence-corrected chi connectivity index (χ1v) is 3.83. The summed E-state index contributed by atoms with van der Waals surface area (Å²) < 4.78 is 0. The lowest BCUT2D eigenvalue weighted by Gasteiger charge is -2.17. The van der Waals surface area contributed by atoms with E-state index in [0.29, 0.717) is 12.8 Å². The third-order valence-corrected chi connectivity index (χ3v) is 1.51. The molecule has 59 valence electrons. The lowest BCUT2D eigenvalue weighted by molar-refractivity contribution is -0.130. The molecule has 0 aromatic carbocycles. The van der Waals surface area contributed by atoms with Crippen molar-refractivity contribution in [2.75, 3.05) is 13.1 Å². The van der Waals surface area contributed by atoms with Crippen LogP contribution in [-0.4, -0.2) is 23.9 Å². The molecule has 0 aromatic heterocycles. The van der Waals surface area contributed by atoms with Crippen LogP contribution in [0.1, 0.15) is 26.7 Å². The Balaban J connectivity index is 3.65. The van der Waals surface area contributed by atoms with Crippen LogP contribution in [0.15, 0.2) is 0 Å². The minimum Gasteiger partial charge on any atom is -0.343 e. The Morgan fingerprint density at radius 2 is 1.90 bits per heavy atom. The van der Waals surface area contributed by atoms with Crippen LogP contribution in [-0.2, 0) is 4.79 Å². The zero-order chi connectivity index (χ0) is 7.98. The van der Waals surface area contributed by atoms with E-state index in [2.05, 4.69) is 6.92 Å². The summed E-state index contributed by atoms with van der Waals surface area (Å²) in [4.78, 5) is 12.9. The fraction of sp³-hybridized carbons (Fsp3) is 0.750. The fourth-order valence-corrected chi connectivity index (χ4v) is 0.886. The first-order valence-electron chi connectivity index (χ1n) is 3.83. The van der Waals surface area contributed by atoms with Crippen molar-refractivity contribution in [1.29, 1.82) is 0 Å². The van der Waals surface area contributed by atoms with Gasteiger partial charge in [-0.1, -0.05) is 6.92 Å². The van der Waals surface area contributed by atoms with Crippen LogP contribution in [0.5, 0.6) is 0 Å². The average molecular weight is 142 g/mol. The van der Waals surface area contributed by atoms with Crippen molar-refractivity contribution < 1.29 is 4.79 Å². The zero-order valence-corrected chi connectivity index (χ0v) is 6.89. The maximum absolute atomic E-state index is 11.1. The number of hydrogen-bond acceptors (Lipinski definition) is 1. The van der Waals surface area contributed by atoms with E-state index in [0.717, 1.165) is 13.1 Å². The van der Waals surface area contributed by atoms with E-state index in [9.17, 15) is 4.79 Å². The first-order chi connectivity index (χ1) is 4.76. The van der Waals surface area contributed by atoms with E-state index in [-0.39, 0.29) is 5.91 Å². The standard InChI is InChI=1S/C8H16NO/c1-4-7-8(10)9(5-2)6-3/h1,4-7H2,2-3H3. The Kier molecular flexibility index (Phi) is 4.99. The van der Waals surface area contributed by atoms with Gasteiger partial charge in [0.1, 0.15) is 0 Å². The second kappa shape index (κ2) is 5.27. The normalized spacial score (nSPS) is 9.50. The Hall–Kier alpha value is -0.530. The van der Waals surface area contributed by atoms with Gasteiger partial charge in [0.25, 0.3) is 0 Å². The quantitative estimate of drug-likeness (QED) is 0.582. The number of carbonyl (C=O) groups is 1. The summed E-state index contributed by atoms with van der Waals surface area (Å²) >= 11 is 0. The third-order valence-electron chi connectivity index (χ3n) is 1.51. The largest absolute Gasteiger partial charge is 0.343 e. The molecule has 0 heterocycles. The van der Waals surface area contributed by atoms with E-state index in [1.165, 1.54) is 0 Å². The second-order valence-electron chi connectivity index (χ2n) is 2.17. The van der Waals surface area contributed by atoms with Gasteiger partial charge in [-0.15, -0.1) is 0 Å². The molecule has 0 unspecified atom stereocenters. The van der Waals surface area contributed by atoms with Gasteiger partial charge in [-0.2, -0.15) is 0 Å². The molecule has 0 saturated carbocycles. The summed E-state index contributed by atoms with van der Waals surface area (Å²) in [5.74, 6) is 0.222. The molecule has 2 nitrogen and oxygen atoms in total. The van der Waals surface area contributed by atoms with Crippen molar-refractivity contribution in [3.8, 4) is 0 Å². The summed E-state index contributed by atoms with van der Waals surface area (Å²) in [6, 6.07) is 0. The van der Waals surface area contributed by atoms with E-state index < -0.39 is 0 Å². The molecule has 0 aliphatic carbocycles. The Bertz CT molecular complexity index is 97.4. The van der Waals surface area contributed by atoms with Crippen molar-refractivity contribution in [2.45, 2.75) is 26.7 Å². The van der Waals surface area contributed by atoms with Crippen LogP contribution >= 0.6 is 0 Å². The van der Waals surface area contributed by atoms with Crippen molar-refractivity contribution in [1.82, 2.24) is 4.90 Å². The molecule has 0 N–H and O–H groups in total. The van der Waals surface area contributed by atoms with Crippen molar-refractivity contribution in [3.05, 3.63) is 6.92 Å². The van der Waals surface area contributed by atoms with Crippen LogP contribution in [0.3, 0.4) is 0 Å². The SMILES string of the molecule is [CH2]CCC(=O)N(CC)CC. The van der Waals surface area contributed by atoms with Gasteiger partial charge >= 0.3 is 0 Å². The summed E-state index contributed by atoms with van der Waals surface area (Å²) in [5.41, 5.74) is 0. The van der Waals surface area contributed by atoms with Gasteiger partial charge in [0.05, 0.1) is 0 Å². The van der Waals surface area contributed by atoms with E-state index in [1.807, 2.05) is 18.7 Å². The molecule has 0 aromatic rings. The smallest absolute Gasteiger partial charge is 0.222 e. The lowest BCUT2D eigenvalue weighted by atomic mass is 10.3. The number of nitrogens with zero attached hydrogens (tertiary/aromatic N) is 1. The maximum Gasteiger partial charge on any atom is 0.222 e. The van der Waals surface area contributed by atoms with Gasteiger partial charge in [0.2, 0.25) is 5.91 Å². The molecule has 0 atom stereocenters. The molecule has 1 radical (unpaired) electrons. The number of amides is 1. The molecule has 0 aliphatic rings. The highest BCUT2D eigenvalue weighted by Crippen LogP contribution is 1.95. The fourth-order valence-electron chi connectivity index (χ4n) is 0.886. The molecule has 1 amide bonds. The molecule has 0 spiro atoms. The van der Waals surface area contributed by atoms with Crippen LogP contribution < -0.4 is 0 Å². The van der Waals surface area contributed by atoms with E-state index in [1.54, 1.807) is 0 Å². The van der Waals surface area contributed by atoms with Gasteiger partial charge in [0, 0.05) is 19.5 Å². The lowest BCUT2D eigenvalue weighted by Crippen LogP contribution is -2.29. The third kappa shape index (κ3) is 2.85. The Morgan fingerprint density at radius 1 is 1.40 bits per heavy atom. The predicted octanol–water partition coefficient (Wildman–Crippen LogP) is 1.47. The second-order valence-corrected chi connectivity index (χ2v) is 2.17. The van der Waals surface area contributed by atoms with Crippen molar-refractivity contribution >= 4 is 5.91 Å². The van der Waals surface area contributed by atoms with Gasteiger partial charge in [-0.05, 0) is 20.3 Å². The summed E-state index contributed by atoms with van der Waals surface area (Å²) in [7, 11) is 0. The molecule has 2 heteroatoms. The molecule has 0 rings (SSSR count). The predicted molar refractivity (Wildman–Crippen MR) is 42.5 cm³/mol. The molecule has 10 heavy (non-hydrogen) atoms. The highest BCUT2D eigenvalue weighted by molar-refractivity contribution is 5.76. The number of hydrogen-bond donors (Lipinski definition) is 0. The average Bonchev–Trinajstić information content (AvgIpc) is 1.91. The van der Waals surface area contributed by atoms with Crippen LogP contribution in [0.4, 0.5) is 0 Å². The maximum atomic E-state index is 11.1. The summed E-state index contributed by atoms with van der Waals surface area (Å²) in [6.45, 7) is 9.24. The van der Waals surface area contributed by atoms with Gasteiger partial charge < -0.3 is 4.90 Å². The van der Waals surface area contributed by atoms with Gasteiger partial charge in [0.15, 0.2) is 0 Å². The van der Waals surface area contributed by atoms with E-state index >= 15 is 0 Å². The first kappa shape index (κ1) is 9.47. The summed E-state index contributed by atoms with van der Waals surface area (Å²) in [5, 5.41) is 0. The molecule has 0 saturated heterocycles. The summed E-state index contributed by atoms with van der Waals surface area (Å²) in [6.07, 6.45) is 1.29. The van der Waals surface area contributed by atoms with Crippen LogP contribution in [0.2, 0.25) is 0 Å². The van der Waals surface area contributed by atoms with Gasteiger partial charge in [-0.3, -0.25) is 4.79 Å². The molecule has 0 aliphatic heterocycles. The number of carbonyl (C=O) groups excluding carboxylic acids is 1. The molecule has 0 bridgehead atoms. The minimum atomic E-state index is 0.222.